The second-order valence-corrected chi connectivity index (χ2v) is 6.38. The zero-order valence-corrected chi connectivity index (χ0v) is 12.9. The van der Waals surface area contributed by atoms with E-state index in [9.17, 15) is 0 Å². The van der Waals surface area contributed by atoms with Gasteiger partial charge in [0.25, 0.3) is 0 Å². The third kappa shape index (κ3) is 2.65. The molecule has 1 aliphatic heterocycles. The van der Waals surface area contributed by atoms with Gasteiger partial charge in [-0.05, 0) is 25.0 Å². The number of nitriles is 1. The Balaban J connectivity index is 1.79. The van der Waals surface area contributed by atoms with Gasteiger partial charge in [-0.1, -0.05) is 34.2 Å². The molecule has 0 radical (unpaired) electrons. The van der Waals surface area contributed by atoms with E-state index in [0.717, 1.165) is 5.71 Å². The molecular formula is C13H11ClIN3O. The van der Waals surface area contributed by atoms with E-state index in [0.29, 0.717) is 22.3 Å². The first-order chi connectivity index (χ1) is 9.19. The molecule has 0 bridgehead atoms. The van der Waals surface area contributed by atoms with Crippen LogP contribution in [0.2, 0.25) is 5.02 Å². The van der Waals surface area contributed by atoms with Crippen LogP contribution in [0.5, 0.6) is 5.75 Å². The molecule has 2 unspecified atom stereocenters. The average Bonchev–Trinajstić information content (AvgIpc) is 3.17. The fraction of sp³-hybridized carbons (Fsp3) is 0.385. The Hall–Kier alpha value is -1.000. The number of benzene rings is 1. The van der Waals surface area contributed by atoms with Crippen molar-refractivity contribution >= 4 is 39.9 Å². The topological polar surface area (TPSA) is 57.4 Å². The van der Waals surface area contributed by atoms with Gasteiger partial charge in [-0.3, -0.25) is 5.43 Å². The van der Waals surface area contributed by atoms with E-state index < -0.39 is 0 Å². The Kier molecular flexibility index (Phi) is 3.54. The van der Waals surface area contributed by atoms with Gasteiger partial charge in [-0.15, -0.1) is 0 Å². The molecule has 0 amide bonds. The SMILES string of the molecule is N#Cc1ccc(OC2C(C3CC3)=NNC2I)cc1Cl. The third-order valence-corrected chi connectivity index (χ3v) is 4.44. The summed E-state index contributed by atoms with van der Waals surface area (Å²) < 4.78 is 6.11. The highest BCUT2D eigenvalue weighted by atomic mass is 127. The van der Waals surface area contributed by atoms with Crippen molar-refractivity contribution in [2.75, 3.05) is 0 Å². The van der Waals surface area contributed by atoms with E-state index in [4.69, 9.17) is 21.6 Å². The number of nitrogens with zero attached hydrogens (tertiary/aromatic N) is 2. The predicted octanol–water partition coefficient (Wildman–Crippen LogP) is 3.09. The molecule has 1 aliphatic carbocycles. The molecule has 98 valence electrons. The van der Waals surface area contributed by atoms with Crippen molar-refractivity contribution in [3.63, 3.8) is 0 Å². The van der Waals surface area contributed by atoms with E-state index in [-0.39, 0.29) is 10.2 Å². The van der Waals surface area contributed by atoms with Crippen molar-refractivity contribution in [3.05, 3.63) is 28.8 Å². The zero-order valence-electron chi connectivity index (χ0n) is 9.94. The number of hydrogen-bond acceptors (Lipinski definition) is 4. The van der Waals surface area contributed by atoms with Crippen LogP contribution in [0.25, 0.3) is 0 Å². The Morgan fingerprint density at radius 1 is 1.47 bits per heavy atom. The molecule has 1 N–H and O–H groups in total. The summed E-state index contributed by atoms with van der Waals surface area (Å²) in [6.45, 7) is 0. The molecule has 1 heterocycles. The molecule has 1 fully saturated rings. The van der Waals surface area contributed by atoms with Crippen LogP contribution in [0.3, 0.4) is 0 Å². The minimum Gasteiger partial charge on any atom is -0.481 e. The van der Waals surface area contributed by atoms with Gasteiger partial charge in [0.15, 0.2) is 6.10 Å². The summed E-state index contributed by atoms with van der Waals surface area (Å²) in [6.07, 6.45) is 2.33. The lowest BCUT2D eigenvalue weighted by molar-refractivity contribution is 0.266. The lowest BCUT2D eigenvalue weighted by Gasteiger charge is -2.18. The number of ether oxygens (including phenoxy) is 1. The van der Waals surface area contributed by atoms with Gasteiger partial charge in [-0.2, -0.15) is 10.4 Å². The van der Waals surface area contributed by atoms with E-state index in [1.807, 2.05) is 6.07 Å². The molecule has 1 saturated carbocycles. The number of hydrazone groups is 1. The summed E-state index contributed by atoms with van der Waals surface area (Å²) in [5.41, 5.74) is 4.62. The van der Waals surface area contributed by atoms with Crippen molar-refractivity contribution in [1.29, 1.82) is 5.26 Å². The average molecular weight is 388 g/mol. The molecular weight excluding hydrogens is 377 g/mol. The number of nitrogens with one attached hydrogen (secondary N) is 1. The van der Waals surface area contributed by atoms with Gasteiger partial charge in [0.2, 0.25) is 0 Å². The molecule has 2 atom stereocenters. The van der Waals surface area contributed by atoms with E-state index in [2.05, 4.69) is 33.1 Å². The highest BCUT2D eigenvalue weighted by Crippen LogP contribution is 2.36. The first kappa shape index (κ1) is 13.0. The van der Waals surface area contributed by atoms with Crippen molar-refractivity contribution in [1.82, 2.24) is 5.43 Å². The first-order valence-corrected chi connectivity index (χ1v) is 7.65. The Bertz CT molecular complexity index is 580. The maximum Gasteiger partial charge on any atom is 0.169 e. The lowest BCUT2D eigenvalue weighted by Crippen LogP contribution is -2.35. The molecule has 0 saturated heterocycles. The monoisotopic (exact) mass is 387 g/mol. The van der Waals surface area contributed by atoms with E-state index >= 15 is 0 Å². The second kappa shape index (κ2) is 5.17. The van der Waals surface area contributed by atoms with Crippen LogP contribution < -0.4 is 10.2 Å². The highest BCUT2D eigenvalue weighted by Gasteiger charge is 2.41. The Morgan fingerprint density at radius 2 is 2.26 bits per heavy atom. The maximum absolute atomic E-state index is 8.85. The standard InChI is InChI=1S/C13H11ClIN3O/c14-10-5-9(4-3-8(10)6-16)19-12-11(7-1-2-7)17-18-13(12)15/h3-5,7,12-13,18H,1-2H2. The largest absolute Gasteiger partial charge is 0.481 e. The van der Waals surface area contributed by atoms with Gasteiger partial charge in [0.05, 0.1) is 16.3 Å². The van der Waals surface area contributed by atoms with Crippen LogP contribution in [-0.4, -0.2) is 15.9 Å². The first-order valence-electron chi connectivity index (χ1n) is 6.02. The van der Waals surface area contributed by atoms with Crippen molar-refractivity contribution in [2.45, 2.75) is 23.0 Å². The van der Waals surface area contributed by atoms with Crippen LogP contribution in [0.1, 0.15) is 18.4 Å². The minimum atomic E-state index is -0.0582. The van der Waals surface area contributed by atoms with Crippen molar-refractivity contribution in [3.8, 4) is 11.8 Å². The quantitative estimate of drug-likeness (QED) is 0.493. The smallest absolute Gasteiger partial charge is 0.169 e. The van der Waals surface area contributed by atoms with Crippen LogP contribution >= 0.6 is 34.2 Å². The molecule has 3 rings (SSSR count). The molecule has 0 aromatic heterocycles. The predicted molar refractivity (Wildman–Crippen MR) is 81.7 cm³/mol. The van der Waals surface area contributed by atoms with Crippen molar-refractivity contribution < 1.29 is 4.74 Å². The number of rotatable bonds is 3. The minimum absolute atomic E-state index is 0.0582. The summed E-state index contributed by atoms with van der Waals surface area (Å²) >= 11 is 8.30. The van der Waals surface area contributed by atoms with Crippen LogP contribution in [-0.2, 0) is 0 Å². The Morgan fingerprint density at radius 3 is 2.89 bits per heavy atom. The molecule has 1 aromatic rings. The van der Waals surface area contributed by atoms with Gasteiger partial charge in [0.1, 0.15) is 15.9 Å². The number of hydrogen-bond donors (Lipinski definition) is 1. The second-order valence-electron chi connectivity index (χ2n) is 4.63. The fourth-order valence-electron chi connectivity index (χ4n) is 2.05. The van der Waals surface area contributed by atoms with E-state index in [1.165, 1.54) is 12.8 Å². The van der Waals surface area contributed by atoms with Crippen LogP contribution in [0, 0.1) is 17.2 Å². The zero-order chi connectivity index (χ0) is 13.4. The third-order valence-electron chi connectivity index (χ3n) is 3.19. The summed E-state index contributed by atoms with van der Waals surface area (Å²) in [6, 6.07) is 7.17. The number of alkyl halides is 1. The lowest BCUT2D eigenvalue weighted by atomic mass is 10.1. The van der Waals surface area contributed by atoms with Crippen molar-refractivity contribution in [2.24, 2.45) is 11.0 Å². The highest BCUT2D eigenvalue weighted by molar-refractivity contribution is 14.1. The summed E-state index contributed by atoms with van der Waals surface area (Å²) in [4.78, 5) is 0. The van der Waals surface area contributed by atoms with Gasteiger partial charge in [0, 0.05) is 12.0 Å². The van der Waals surface area contributed by atoms with Crippen LogP contribution in [0.15, 0.2) is 23.3 Å². The summed E-state index contributed by atoms with van der Waals surface area (Å²) in [7, 11) is 0. The van der Waals surface area contributed by atoms with Gasteiger partial charge < -0.3 is 4.74 Å². The Labute approximate surface area is 129 Å². The molecule has 6 heteroatoms. The molecule has 1 aromatic carbocycles. The molecule has 19 heavy (non-hydrogen) atoms. The molecule has 4 nitrogen and oxygen atoms in total. The van der Waals surface area contributed by atoms with Gasteiger partial charge in [-0.25, -0.2) is 0 Å². The molecule has 0 spiro atoms. The van der Waals surface area contributed by atoms with Crippen LogP contribution in [0.4, 0.5) is 0 Å². The summed E-state index contributed by atoms with van der Waals surface area (Å²) in [5, 5.41) is 13.6. The normalized spacial score (nSPS) is 25.4. The fourth-order valence-corrected chi connectivity index (χ4v) is 2.91. The maximum atomic E-state index is 8.85. The van der Waals surface area contributed by atoms with Gasteiger partial charge >= 0.3 is 0 Å². The summed E-state index contributed by atoms with van der Waals surface area (Å²) in [5.74, 6) is 1.24. The van der Waals surface area contributed by atoms with E-state index in [1.54, 1.807) is 18.2 Å². The number of halogens is 2. The molecule has 2 aliphatic rings.